The van der Waals surface area contributed by atoms with Crippen molar-refractivity contribution in [1.29, 1.82) is 0 Å². The van der Waals surface area contributed by atoms with Gasteiger partial charge in [-0.1, -0.05) is 12.1 Å². The summed E-state index contributed by atoms with van der Waals surface area (Å²) in [6.07, 6.45) is 0. The molecule has 1 atom stereocenters. The van der Waals surface area contributed by atoms with Crippen molar-refractivity contribution < 1.29 is 9.59 Å². The first-order valence-electron chi connectivity index (χ1n) is 4.04. The van der Waals surface area contributed by atoms with Crippen LogP contribution in [0.4, 0.5) is 10.5 Å². The molecule has 0 bridgehead atoms. The van der Waals surface area contributed by atoms with Crippen LogP contribution < -0.4 is 11.1 Å². The molecule has 1 fully saturated rings. The molecule has 0 spiro atoms. The third kappa shape index (κ3) is 1.58. The summed E-state index contributed by atoms with van der Waals surface area (Å²) in [5, 5.41) is 1.51. The number of thioether (sulfide) groups is 1. The normalized spacial score (nSPS) is 21.0. The number of nitrogens with one attached hydrogen (secondary N) is 1. The minimum atomic E-state index is -0.428. The van der Waals surface area contributed by atoms with Gasteiger partial charge in [-0.05, 0) is 29.5 Å². The lowest BCUT2D eigenvalue weighted by Gasteiger charge is -2.04. The van der Waals surface area contributed by atoms with E-state index in [1.807, 2.05) is 0 Å². The molecule has 14 heavy (non-hydrogen) atoms. The Bertz CT molecular complexity index is 388. The summed E-state index contributed by atoms with van der Waals surface area (Å²) in [4.78, 5) is 22.2. The van der Waals surface area contributed by atoms with Gasteiger partial charge >= 0.3 is 0 Å². The molecule has 0 aromatic heterocycles. The van der Waals surface area contributed by atoms with Gasteiger partial charge in [-0.2, -0.15) is 0 Å². The van der Waals surface area contributed by atoms with E-state index in [4.69, 9.17) is 5.73 Å². The van der Waals surface area contributed by atoms with Gasteiger partial charge < -0.3 is 5.73 Å². The first-order valence-corrected chi connectivity index (χ1v) is 4.92. The second-order valence-corrected chi connectivity index (χ2v) is 4.02. The van der Waals surface area contributed by atoms with Crippen molar-refractivity contribution in [1.82, 2.24) is 5.32 Å². The number of hydrogen-bond acceptors (Lipinski definition) is 4. The lowest BCUT2D eigenvalue weighted by atomic mass is 10.1. The highest BCUT2D eigenvalue weighted by atomic mass is 32.2. The number of nitrogen functional groups attached to an aromatic ring is 1. The number of carbonyl (C=O) groups excluding carboxylic acids is 2. The second kappa shape index (κ2) is 3.34. The Morgan fingerprint density at radius 3 is 2.36 bits per heavy atom. The quantitative estimate of drug-likeness (QED) is 0.682. The largest absolute Gasteiger partial charge is 0.399 e. The summed E-state index contributed by atoms with van der Waals surface area (Å²) in [6, 6.07) is 6.94. The van der Waals surface area contributed by atoms with Crippen LogP contribution in [0.2, 0.25) is 0 Å². The van der Waals surface area contributed by atoms with E-state index in [1.54, 1.807) is 24.3 Å². The highest BCUT2D eigenvalue weighted by Crippen LogP contribution is 2.34. The fourth-order valence-corrected chi connectivity index (χ4v) is 2.08. The summed E-state index contributed by atoms with van der Waals surface area (Å²) < 4.78 is 0. The number of nitrogens with two attached hydrogens (primary N) is 1. The van der Waals surface area contributed by atoms with Crippen LogP contribution in [0.1, 0.15) is 10.8 Å². The molecule has 1 heterocycles. The molecule has 1 aliphatic heterocycles. The van der Waals surface area contributed by atoms with Gasteiger partial charge in [0, 0.05) is 5.69 Å². The van der Waals surface area contributed by atoms with Crippen molar-refractivity contribution in [2.45, 2.75) is 5.25 Å². The molecule has 2 rings (SSSR count). The molecular formula is C9H8N2O2S. The maximum absolute atomic E-state index is 11.3. The maximum Gasteiger partial charge on any atom is 0.286 e. The number of carbonyl (C=O) groups is 2. The molecule has 3 N–H and O–H groups in total. The predicted molar refractivity (Wildman–Crippen MR) is 54.7 cm³/mol. The number of benzene rings is 1. The van der Waals surface area contributed by atoms with E-state index in [1.165, 1.54) is 0 Å². The van der Waals surface area contributed by atoms with Crippen molar-refractivity contribution in [3.8, 4) is 0 Å². The Labute approximate surface area is 84.9 Å². The lowest BCUT2D eigenvalue weighted by molar-refractivity contribution is -0.119. The number of rotatable bonds is 1. The molecule has 5 heteroatoms. The van der Waals surface area contributed by atoms with Gasteiger partial charge in [0.05, 0.1) is 0 Å². The van der Waals surface area contributed by atoms with Crippen molar-refractivity contribution in [2.75, 3.05) is 5.73 Å². The van der Waals surface area contributed by atoms with E-state index in [2.05, 4.69) is 5.32 Å². The Morgan fingerprint density at radius 2 is 1.86 bits per heavy atom. The van der Waals surface area contributed by atoms with Crippen LogP contribution in [0, 0.1) is 0 Å². The van der Waals surface area contributed by atoms with Crippen LogP contribution in [-0.4, -0.2) is 11.1 Å². The Kier molecular flexibility index (Phi) is 2.17. The minimum Gasteiger partial charge on any atom is -0.399 e. The van der Waals surface area contributed by atoms with Crippen LogP contribution >= 0.6 is 11.8 Å². The summed E-state index contributed by atoms with van der Waals surface area (Å²) in [7, 11) is 0. The van der Waals surface area contributed by atoms with Crippen LogP contribution in [0.3, 0.4) is 0 Å². The fourth-order valence-electron chi connectivity index (χ4n) is 1.25. The highest BCUT2D eigenvalue weighted by Gasteiger charge is 2.32. The first-order chi connectivity index (χ1) is 6.66. The maximum atomic E-state index is 11.3. The predicted octanol–water partition coefficient (Wildman–Crippen LogP) is 1.29. The van der Waals surface area contributed by atoms with Crippen molar-refractivity contribution in [3.05, 3.63) is 29.8 Å². The highest BCUT2D eigenvalue weighted by molar-refractivity contribution is 8.15. The van der Waals surface area contributed by atoms with Gasteiger partial charge in [-0.25, -0.2) is 0 Å². The van der Waals surface area contributed by atoms with E-state index >= 15 is 0 Å². The zero-order valence-corrected chi connectivity index (χ0v) is 8.01. The summed E-state index contributed by atoms with van der Waals surface area (Å²) >= 11 is 0.992. The molecule has 1 aromatic carbocycles. The van der Waals surface area contributed by atoms with Gasteiger partial charge in [0.15, 0.2) is 0 Å². The van der Waals surface area contributed by atoms with Gasteiger partial charge in [0.2, 0.25) is 5.91 Å². The fraction of sp³-hybridized carbons (Fsp3) is 0.111. The molecule has 1 aliphatic rings. The van der Waals surface area contributed by atoms with Gasteiger partial charge in [0.25, 0.3) is 5.24 Å². The molecule has 2 amide bonds. The average Bonchev–Trinajstić information content (AvgIpc) is 2.47. The Balaban J connectivity index is 2.27. The zero-order chi connectivity index (χ0) is 10.1. The van der Waals surface area contributed by atoms with Gasteiger partial charge in [-0.3, -0.25) is 14.9 Å². The Hall–Kier alpha value is -1.49. The van der Waals surface area contributed by atoms with Crippen LogP contribution in [0.25, 0.3) is 0 Å². The third-order valence-corrected chi connectivity index (χ3v) is 2.97. The SMILES string of the molecule is Nc1ccc(C2SC(=O)NC2=O)cc1. The van der Waals surface area contributed by atoms with E-state index in [0.717, 1.165) is 17.3 Å². The molecule has 0 radical (unpaired) electrons. The molecule has 0 saturated carbocycles. The molecule has 1 aromatic rings. The van der Waals surface area contributed by atoms with Crippen LogP contribution in [0.5, 0.6) is 0 Å². The lowest BCUT2D eigenvalue weighted by Crippen LogP contribution is -2.20. The minimum absolute atomic E-state index is 0.259. The smallest absolute Gasteiger partial charge is 0.286 e. The topological polar surface area (TPSA) is 72.2 Å². The van der Waals surface area contributed by atoms with Crippen LogP contribution in [-0.2, 0) is 4.79 Å². The third-order valence-electron chi connectivity index (χ3n) is 1.93. The van der Waals surface area contributed by atoms with Crippen molar-refractivity contribution in [2.24, 2.45) is 0 Å². The molecule has 0 aliphatic carbocycles. The van der Waals surface area contributed by atoms with Crippen molar-refractivity contribution in [3.63, 3.8) is 0 Å². The standard InChI is InChI=1S/C9H8N2O2S/c10-6-3-1-5(2-4-6)7-8(12)11-9(13)14-7/h1-4,7H,10H2,(H,11,12,13). The zero-order valence-electron chi connectivity index (χ0n) is 7.19. The average molecular weight is 208 g/mol. The van der Waals surface area contributed by atoms with Crippen molar-refractivity contribution >= 4 is 28.6 Å². The first kappa shape index (κ1) is 9.08. The number of imide groups is 1. The Morgan fingerprint density at radius 1 is 1.21 bits per heavy atom. The number of amides is 2. The molecule has 1 unspecified atom stereocenters. The van der Waals surface area contributed by atoms with Gasteiger partial charge in [0.1, 0.15) is 5.25 Å². The van der Waals surface area contributed by atoms with Crippen LogP contribution in [0.15, 0.2) is 24.3 Å². The van der Waals surface area contributed by atoms with E-state index in [9.17, 15) is 9.59 Å². The summed E-state index contributed by atoms with van der Waals surface area (Å²) in [6.45, 7) is 0. The van der Waals surface area contributed by atoms with Gasteiger partial charge in [-0.15, -0.1) is 0 Å². The van der Waals surface area contributed by atoms with E-state index in [-0.39, 0.29) is 11.1 Å². The summed E-state index contributed by atoms with van der Waals surface area (Å²) in [5.41, 5.74) is 6.95. The molecule has 1 saturated heterocycles. The monoisotopic (exact) mass is 208 g/mol. The van der Waals surface area contributed by atoms with E-state index in [0.29, 0.717) is 5.69 Å². The summed E-state index contributed by atoms with van der Waals surface area (Å²) in [5.74, 6) is -0.259. The molecule has 72 valence electrons. The number of hydrogen-bond donors (Lipinski definition) is 2. The second-order valence-electron chi connectivity index (χ2n) is 2.94. The molecule has 4 nitrogen and oxygen atoms in total. The number of anilines is 1. The van der Waals surface area contributed by atoms with E-state index < -0.39 is 5.25 Å². The molecular weight excluding hydrogens is 200 g/mol.